The van der Waals surface area contributed by atoms with E-state index in [4.69, 9.17) is 21.5 Å². The Morgan fingerprint density at radius 2 is 2.00 bits per heavy atom. The van der Waals surface area contributed by atoms with Crippen molar-refractivity contribution in [2.45, 2.75) is 42.9 Å². The van der Waals surface area contributed by atoms with Crippen LogP contribution in [0.4, 0.5) is 4.39 Å². The van der Waals surface area contributed by atoms with E-state index in [1.165, 1.54) is 54.9 Å². The Bertz CT molecular complexity index is 1060. The van der Waals surface area contributed by atoms with Crippen molar-refractivity contribution in [3.8, 4) is 5.75 Å². The molecule has 1 aliphatic heterocycles. The van der Waals surface area contributed by atoms with Gasteiger partial charge in [0, 0.05) is 17.1 Å². The number of aliphatic hydroxyl groups is 1. The molecule has 0 spiro atoms. The van der Waals surface area contributed by atoms with Crippen LogP contribution in [0, 0.1) is 5.82 Å². The van der Waals surface area contributed by atoms with E-state index >= 15 is 0 Å². The Morgan fingerprint density at radius 3 is 2.61 bits per heavy atom. The molecule has 2 atom stereocenters. The standard InChI is InChI=1S/C20H22ClFN2O6S/c1-20(26)9-2-10-24(18(20)19(25)23-27)31(28,29)16-7-5-15(6-8-16)30-12-13-3-4-14(21)11-17(13)22/h3-8,11,18,26-27H,2,9-10,12H2,1H3,(H,23,25)/t18-,20?/m0/s1. The van der Waals surface area contributed by atoms with Crippen molar-refractivity contribution in [3.05, 3.63) is 58.9 Å². The van der Waals surface area contributed by atoms with Gasteiger partial charge >= 0.3 is 0 Å². The fraction of sp³-hybridized carbons (Fsp3) is 0.350. The monoisotopic (exact) mass is 472 g/mol. The highest BCUT2D eigenvalue weighted by Crippen LogP contribution is 2.32. The van der Waals surface area contributed by atoms with Gasteiger partial charge < -0.3 is 9.84 Å². The van der Waals surface area contributed by atoms with Crippen molar-refractivity contribution < 1.29 is 32.7 Å². The summed E-state index contributed by atoms with van der Waals surface area (Å²) in [5, 5.41) is 19.8. The number of amides is 1. The van der Waals surface area contributed by atoms with Gasteiger partial charge in [-0.2, -0.15) is 4.31 Å². The van der Waals surface area contributed by atoms with Gasteiger partial charge in [-0.3, -0.25) is 10.0 Å². The van der Waals surface area contributed by atoms with E-state index in [1.54, 1.807) is 0 Å². The van der Waals surface area contributed by atoms with E-state index in [9.17, 15) is 22.7 Å². The Labute approximate surface area is 184 Å². The molecule has 0 bridgehead atoms. The molecule has 0 radical (unpaired) electrons. The molecule has 2 aromatic rings. The average molecular weight is 473 g/mol. The number of piperidine rings is 1. The van der Waals surface area contributed by atoms with E-state index in [1.807, 2.05) is 0 Å². The molecule has 8 nitrogen and oxygen atoms in total. The zero-order valence-electron chi connectivity index (χ0n) is 16.6. The second-order valence-electron chi connectivity index (χ2n) is 7.45. The Balaban J connectivity index is 1.79. The van der Waals surface area contributed by atoms with Gasteiger partial charge in [0.2, 0.25) is 10.0 Å². The number of sulfonamides is 1. The van der Waals surface area contributed by atoms with Gasteiger partial charge in [0.25, 0.3) is 5.91 Å². The summed E-state index contributed by atoms with van der Waals surface area (Å²) in [4.78, 5) is 12.0. The summed E-state index contributed by atoms with van der Waals surface area (Å²) in [5.41, 5.74) is 0.0669. The van der Waals surface area contributed by atoms with Gasteiger partial charge in [-0.1, -0.05) is 17.7 Å². The molecule has 168 valence electrons. The first-order valence-corrected chi connectivity index (χ1v) is 11.2. The van der Waals surface area contributed by atoms with Gasteiger partial charge in [-0.05, 0) is 56.2 Å². The minimum atomic E-state index is -4.16. The lowest BCUT2D eigenvalue weighted by molar-refractivity contribution is -0.144. The highest BCUT2D eigenvalue weighted by Gasteiger charge is 2.49. The van der Waals surface area contributed by atoms with Crippen LogP contribution < -0.4 is 10.2 Å². The maximum atomic E-state index is 13.9. The van der Waals surface area contributed by atoms with Gasteiger partial charge in [0.15, 0.2) is 0 Å². The number of carbonyl (C=O) groups is 1. The Morgan fingerprint density at radius 1 is 1.32 bits per heavy atom. The van der Waals surface area contributed by atoms with E-state index in [0.717, 1.165) is 4.31 Å². The lowest BCUT2D eigenvalue weighted by atomic mass is 9.87. The van der Waals surface area contributed by atoms with Crippen LogP contribution in [-0.2, 0) is 21.4 Å². The van der Waals surface area contributed by atoms with Crippen LogP contribution in [0.2, 0.25) is 5.02 Å². The molecule has 1 saturated heterocycles. The summed E-state index contributed by atoms with van der Waals surface area (Å²) in [6, 6.07) is 8.10. The SMILES string of the molecule is CC1(O)CCCN(S(=O)(=O)c2ccc(OCc3ccc(Cl)cc3F)cc2)[C@H]1C(=O)NO. The summed E-state index contributed by atoms with van der Waals surface area (Å²) < 4.78 is 46.5. The maximum Gasteiger partial charge on any atom is 0.264 e. The van der Waals surface area contributed by atoms with Crippen molar-refractivity contribution in [1.82, 2.24) is 9.79 Å². The molecular weight excluding hydrogens is 451 g/mol. The molecule has 31 heavy (non-hydrogen) atoms. The first kappa shape index (κ1) is 23.4. The molecule has 1 heterocycles. The van der Waals surface area contributed by atoms with Crippen LogP contribution in [0.25, 0.3) is 0 Å². The molecule has 1 amide bonds. The van der Waals surface area contributed by atoms with Crippen LogP contribution in [0.3, 0.4) is 0 Å². The minimum absolute atomic E-state index is 0.00463. The molecular formula is C20H22ClFN2O6S. The molecule has 0 aliphatic carbocycles. The highest BCUT2D eigenvalue weighted by atomic mass is 35.5. The predicted molar refractivity (Wildman–Crippen MR) is 110 cm³/mol. The summed E-state index contributed by atoms with van der Waals surface area (Å²) in [7, 11) is -4.16. The maximum absolute atomic E-state index is 13.9. The zero-order chi connectivity index (χ0) is 22.8. The zero-order valence-corrected chi connectivity index (χ0v) is 18.2. The van der Waals surface area contributed by atoms with E-state index in [0.29, 0.717) is 12.2 Å². The smallest absolute Gasteiger partial charge is 0.264 e. The van der Waals surface area contributed by atoms with Crippen molar-refractivity contribution in [1.29, 1.82) is 0 Å². The van der Waals surface area contributed by atoms with E-state index in [2.05, 4.69) is 0 Å². The number of nitrogens with one attached hydrogen (secondary N) is 1. The second kappa shape index (κ2) is 9.09. The van der Waals surface area contributed by atoms with Gasteiger partial charge in [-0.15, -0.1) is 0 Å². The minimum Gasteiger partial charge on any atom is -0.489 e. The molecule has 0 aromatic heterocycles. The van der Waals surface area contributed by atoms with E-state index in [-0.39, 0.29) is 35.1 Å². The van der Waals surface area contributed by atoms with Gasteiger partial charge in [-0.25, -0.2) is 18.3 Å². The summed E-state index contributed by atoms with van der Waals surface area (Å²) in [6.45, 7) is 1.27. The molecule has 11 heteroatoms. The first-order chi connectivity index (χ1) is 14.6. The third kappa shape index (κ3) is 4.99. The van der Waals surface area contributed by atoms with Crippen LogP contribution >= 0.6 is 11.6 Å². The molecule has 0 saturated carbocycles. The van der Waals surface area contributed by atoms with Crippen molar-refractivity contribution in [2.24, 2.45) is 0 Å². The normalized spacial score (nSPS) is 22.2. The summed E-state index contributed by atoms with van der Waals surface area (Å²) >= 11 is 5.72. The summed E-state index contributed by atoms with van der Waals surface area (Å²) in [6.07, 6.45) is 0.542. The highest BCUT2D eigenvalue weighted by molar-refractivity contribution is 7.89. The quantitative estimate of drug-likeness (QED) is 0.439. The lowest BCUT2D eigenvalue weighted by Gasteiger charge is -2.42. The third-order valence-corrected chi connectivity index (χ3v) is 7.25. The molecule has 2 aromatic carbocycles. The predicted octanol–water partition coefficient (Wildman–Crippen LogP) is 2.47. The third-order valence-electron chi connectivity index (χ3n) is 5.14. The average Bonchev–Trinajstić information content (AvgIpc) is 2.72. The van der Waals surface area contributed by atoms with Crippen LogP contribution in [0.5, 0.6) is 5.75 Å². The number of hydrogen-bond donors (Lipinski definition) is 3. The molecule has 1 unspecified atom stereocenters. The first-order valence-electron chi connectivity index (χ1n) is 9.41. The lowest BCUT2D eigenvalue weighted by Crippen LogP contribution is -2.62. The van der Waals surface area contributed by atoms with Gasteiger partial charge in [0.1, 0.15) is 24.2 Å². The van der Waals surface area contributed by atoms with Crippen LogP contribution in [-0.4, -0.2) is 47.1 Å². The van der Waals surface area contributed by atoms with Gasteiger partial charge in [0.05, 0.1) is 10.5 Å². The number of nitrogens with zero attached hydrogens (tertiary/aromatic N) is 1. The molecule has 1 fully saturated rings. The second-order valence-corrected chi connectivity index (χ2v) is 9.78. The molecule has 1 aliphatic rings. The summed E-state index contributed by atoms with van der Waals surface area (Å²) in [5.74, 6) is -1.22. The number of ether oxygens (including phenoxy) is 1. The number of halogens is 2. The fourth-order valence-electron chi connectivity index (χ4n) is 3.55. The van der Waals surface area contributed by atoms with Crippen molar-refractivity contribution in [2.75, 3.05) is 6.54 Å². The number of hydroxylamine groups is 1. The molecule has 3 rings (SSSR count). The van der Waals surface area contributed by atoms with Crippen molar-refractivity contribution >= 4 is 27.5 Å². The van der Waals surface area contributed by atoms with Crippen LogP contribution in [0.15, 0.2) is 47.4 Å². The number of carbonyl (C=O) groups excluding carboxylic acids is 1. The topological polar surface area (TPSA) is 116 Å². The largest absolute Gasteiger partial charge is 0.489 e. The fourth-order valence-corrected chi connectivity index (χ4v) is 5.42. The Hall–Kier alpha value is -2.24. The van der Waals surface area contributed by atoms with E-state index < -0.39 is 33.4 Å². The molecule has 3 N–H and O–H groups in total. The van der Waals surface area contributed by atoms with Crippen LogP contribution in [0.1, 0.15) is 25.3 Å². The number of rotatable bonds is 6. The van der Waals surface area contributed by atoms with Crippen molar-refractivity contribution in [3.63, 3.8) is 0 Å². The number of hydrogen-bond acceptors (Lipinski definition) is 6. The number of benzene rings is 2. The Kier molecular flexibility index (Phi) is 6.87.